The number of carbonyl (C=O) groups is 2. The fourth-order valence-corrected chi connectivity index (χ4v) is 5.41. The monoisotopic (exact) mass is 558 g/mol. The molecule has 0 aromatic heterocycles. The van der Waals surface area contributed by atoms with Gasteiger partial charge in [-0.05, 0) is 77.5 Å². The van der Waals surface area contributed by atoms with Gasteiger partial charge in [0.25, 0.3) is 0 Å². The first kappa shape index (κ1) is 29.0. The zero-order valence-corrected chi connectivity index (χ0v) is 24.0. The van der Waals surface area contributed by atoms with Gasteiger partial charge in [-0.1, -0.05) is 91.0 Å². The van der Waals surface area contributed by atoms with Crippen molar-refractivity contribution in [2.24, 2.45) is 11.5 Å². The fourth-order valence-electron chi connectivity index (χ4n) is 5.41. The Morgan fingerprint density at radius 1 is 0.810 bits per heavy atom. The second kappa shape index (κ2) is 13.4. The van der Waals surface area contributed by atoms with E-state index >= 15 is 0 Å². The summed E-state index contributed by atoms with van der Waals surface area (Å²) in [5.41, 5.74) is 16.2. The van der Waals surface area contributed by atoms with Gasteiger partial charge in [-0.3, -0.25) is 9.59 Å². The molecular weight excluding hydrogens is 520 g/mol. The second-order valence-corrected chi connectivity index (χ2v) is 10.8. The molecule has 0 aliphatic carbocycles. The lowest BCUT2D eigenvalue weighted by Gasteiger charge is -2.24. The molecule has 0 radical (unpaired) electrons. The molecule has 2 atom stereocenters. The summed E-state index contributed by atoms with van der Waals surface area (Å²) in [5.74, 6) is -0.315. The number of rotatable bonds is 12. The number of hydrogen-bond donors (Lipinski definition) is 4. The lowest BCUT2D eigenvalue weighted by molar-refractivity contribution is -0.121. The van der Waals surface area contributed by atoms with Gasteiger partial charge in [0.05, 0.1) is 11.7 Å². The predicted molar refractivity (Wildman–Crippen MR) is 174 cm³/mol. The number of ketones is 1. The topological polar surface area (TPSA) is 110 Å². The molecule has 0 saturated heterocycles. The van der Waals surface area contributed by atoms with E-state index in [-0.39, 0.29) is 11.7 Å². The number of hydrogen-bond acceptors (Lipinski definition) is 5. The summed E-state index contributed by atoms with van der Waals surface area (Å²) >= 11 is 0. The molecule has 5 rings (SSSR count). The number of Topliss-reactive ketones (excluding diaryl/α,β-unsaturated/α-hetero) is 1. The van der Waals surface area contributed by atoms with E-state index in [0.29, 0.717) is 37.2 Å². The first-order chi connectivity index (χ1) is 20.5. The molecule has 1 amide bonds. The van der Waals surface area contributed by atoms with E-state index in [1.165, 1.54) is 0 Å². The SMILES string of the molecule is C[C@H](Nc1c(C(=O)[C@H](N)CCCN)cc2ccccc2c1-c1ccc2ccccc2c1)C(=O)NCCc1ccccc1. The van der Waals surface area contributed by atoms with Crippen molar-refractivity contribution in [2.45, 2.75) is 38.3 Å². The predicted octanol–water partition coefficient (Wildman–Crippen LogP) is 6.07. The van der Waals surface area contributed by atoms with Crippen molar-refractivity contribution < 1.29 is 9.59 Å². The third-order valence-electron chi connectivity index (χ3n) is 7.72. The van der Waals surface area contributed by atoms with E-state index in [1.807, 2.05) is 73.7 Å². The highest BCUT2D eigenvalue weighted by molar-refractivity contribution is 6.15. The minimum absolute atomic E-state index is 0.144. The van der Waals surface area contributed by atoms with E-state index in [2.05, 4.69) is 47.0 Å². The summed E-state index contributed by atoms with van der Waals surface area (Å²) in [5, 5.41) is 10.6. The largest absolute Gasteiger partial charge is 0.373 e. The van der Waals surface area contributed by atoms with E-state index < -0.39 is 12.1 Å². The summed E-state index contributed by atoms with van der Waals surface area (Å²) in [6.45, 7) is 2.80. The summed E-state index contributed by atoms with van der Waals surface area (Å²) < 4.78 is 0. The maximum absolute atomic E-state index is 13.9. The number of carbonyl (C=O) groups excluding carboxylic acids is 2. The van der Waals surface area contributed by atoms with Crippen molar-refractivity contribution in [3.8, 4) is 11.1 Å². The van der Waals surface area contributed by atoms with Crippen LogP contribution in [0.1, 0.15) is 35.7 Å². The van der Waals surface area contributed by atoms with Gasteiger partial charge in [-0.15, -0.1) is 0 Å². The van der Waals surface area contributed by atoms with Crippen LogP contribution in [-0.2, 0) is 11.2 Å². The van der Waals surface area contributed by atoms with E-state index in [1.54, 1.807) is 0 Å². The average Bonchev–Trinajstić information content (AvgIpc) is 3.03. The molecule has 0 aliphatic heterocycles. The number of nitrogens with one attached hydrogen (secondary N) is 2. The van der Waals surface area contributed by atoms with Gasteiger partial charge in [0.1, 0.15) is 6.04 Å². The third-order valence-corrected chi connectivity index (χ3v) is 7.72. The third kappa shape index (κ3) is 6.51. The molecule has 6 heteroatoms. The van der Waals surface area contributed by atoms with E-state index in [4.69, 9.17) is 11.5 Å². The minimum atomic E-state index is -0.699. The highest BCUT2D eigenvalue weighted by Crippen LogP contribution is 2.40. The van der Waals surface area contributed by atoms with Crippen LogP contribution in [0.25, 0.3) is 32.7 Å². The number of fused-ring (bicyclic) bond motifs is 2. The Labute approximate surface area is 247 Å². The molecule has 5 aromatic rings. The van der Waals surface area contributed by atoms with Crippen LogP contribution in [0.3, 0.4) is 0 Å². The number of benzene rings is 5. The normalized spacial score (nSPS) is 12.6. The van der Waals surface area contributed by atoms with Gasteiger partial charge in [-0.25, -0.2) is 0 Å². The Balaban J connectivity index is 1.57. The van der Waals surface area contributed by atoms with Crippen LogP contribution in [0.4, 0.5) is 5.69 Å². The van der Waals surface area contributed by atoms with Crippen LogP contribution >= 0.6 is 0 Å². The Morgan fingerprint density at radius 2 is 1.50 bits per heavy atom. The first-order valence-corrected chi connectivity index (χ1v) is 14.6. The van der Waals surface area contributed by atoms with Crippen LogP contribution in [0, 0.1) is 0 Å². The molecule has 0 unspecified atom stereocenters. The molecule has 0 saturated carbocycles. The average molecular weight is 559 g/mol. The fraction of sp³-hybridized carbons (Fsp3) is 0.222. The van der Waals surface area contributed by atoms with Crippen molar-refractivity contribution in [3.05, 3.63) is 114 Å². The molecule has 6 nitrogen and oxygen atoms in total. The molecule has 42 heavy (non-hydrogen) atoms. The highest BCUT2D eigenvalue weighted by atomic mass is 16.2. The van der Waals surface area contributed by atoms with Crippen molar-refractivity contribution in [1.82, 2.24) is 5.32 Å². The van der Waals surface area contributed by atoms with Crippen LogP contribution in [0.2, 0.25) is 0 Å². The maximum atomic E-state index is 13.9. The summed E-state index contributed by atoms with van der Waals surface area (Å²) in [7, 11) is 0. The van der Waals surface area contributed by atoms with E-state index in [0.717, 1.165) is 44.7 Å². The molecule has 214 valence electrons. The van der Waals surface area contributed by atoms with Crippen LogP contribution in [-0.4, -0.2) is 36.9 Å². The van der Waals surface area contributed by atoms with Crippen molar-refractivity contribution in [3.63, 3.8) is 0 Å². The van der Waals surface area contributed by atoms with Gasteiger partial charge in [0.15, 0.2) is 5.78 Å². The molecule has 0 spiro atoms. The van der Waals surface area contributed by atoms with Crippen molar-refractivity contribution >= 4 is 38.9 Å². The van der Waals surface area contributed by atoms with Crippen LogP contribution in [0.5, 0.6) is 0 Å². The molecule has 0 heterocycles. The molecule has 0 fully saturated rings. The number of nitrogens with two attached hydrogens (primary N) is 2. The van der Waals surface area contributed by atoms with Crippen molar-refractivity contribution in [2.75, 3.05) is 18.4 Å². The van der Waals surface area contributed by atoms with E-state index in [9.17, 15) is 9.59 Å². The summed E-state index contributed by atoms with van der Waals surface area (Å²) in [6.07, 6.45) is 1.88. The van der Waals surface area contributed by atoms with Crippen LogP contribution < -0.4 is 22.1 Å². The van der Waals surface area contributed by atoms with Crippen LogP contribution in [0.15, 0.2) is 103 Å². The van der Waals surface area contributed by atoms with Gasteiger partial charge in [0, 0.05) is 17.7 Å². The molecule has 6 N–H and O–H groups in total. The lowest BCUT2D eigenvalue weighted by atomic mass is 9.88. The van der Waals surface area contributed by atoms with Gasteiger partial charge < -0.3 is 22.1 Å². The molecule has 5 aromatic carbocycles. The maximum Gasteiger partial charge on any atom is 0.242 e. The molecule has 0 bridgehead atoms. The second-order valence-electron chi connectivity index (χ2n) is 10.8. The molecular formula is C36H38N4O2. The smallest absolute Gasteiger partial charge is 0.242 e. The Bertz CT molecular complexity index is 1700. The zero-order valence-electron chi connectivity index (χ0n) is 24.0. The van der Waals surface area contributed by atoms with Gasteiger partial charge >= 0.3 is 0 Å². The first-order valence-electron chi connectivity index (χ1n) is 14.6. The zero-order chi connectivity index (χ0) is 29.5. The summed E-state index contributed by atoms with van der Waals surface area (Å²) in [4.78, 5) is 27.2. The lowest BCUT2D eigenvalue weighted by Crippen LogP contribution is -2.39. The Kier molecular flexibility index (Phi) is 9.27. The Hall–Kier alpha value is -4.52. The van der Waals surface area contributed by atoms with Gasteiger partial charge in [0.2, 0.25) is 5.91 Å². The Morgan fingerprint density at radius 3 is 2.26 bits per heavy atom. The highest BCUT2D eigenvalue weighted by Gasteiger charge is 2.26. The van der Waals surface area contributed by atoms with Gasteiger partial charge in [-0.2, -0.15) is 0 Å². The molecule has 0 aliphatic rings. The quantitative estimate of drug-likeness (QED) is 0.139. The van der Waals surface area contributed by atoms with Crippen molar-refractivity contribution in [1.29, 1.82) is 0 Å². The number of anilines is 1. The number of amides is 1. The minimum Gasteiger partial charge on any atom is -0.373 e. The standard InChI is InChI=1S/C36H38N4O2/c1-24(36(42)39-21-19-25-10-3-2-4-11-25)40-34-31(35(41)32(38)16-9-20-37)23-28-14-7-8-15-30(28)33(34)29-18-17-26-12-5-6-13-27(26)22-29/h2-8,10-15,17-18,22-24,32,40H,9,16,19-21,37-38H2,1H3,(H,39,42)/t24-,32+/m0/s1. The summed E-state index contributed by atoms with van der Waals surface area (Å²) in [6, 6.07) is 33.1.